The normalized spacial score (nSPS) is 15.3. The minimum Gasteiger partial charge on any atom is -0.394 e. The van der Waals surface area contributed by atoms with E-state index in [4.69, 9.17) is 5.73 Å². The Labute approximate surface area is 243 Å². The van der Waals surface area contributed by atoms with Gasteiger partial charge in [-0.15, -0.1) is 0 Å². The van der Waals surface area contributed by atoms with Gasteiger partial charge in [0.25, 0.3) is 22.7 Å². The zero-order valence-electron chi connectivity index (χ0n) is 22.8. The van der Waals surface area contributed by atoms with E-state index in [0.29, 0.717) is 18.9 Å². The molecule has 0 spiro atoms. The van der Waals surface area contributed by atoms with E-state index in [1.807, 2.05) is 30.3 Å². The van der Waals surface area contributed by atoms with E-state index < -0.39 is 16.8 Å². The van der Waals surface area contributed by atoms with Crippen LogP contribution in [-0.2, 0) is 26.1 Å². The number of benzene rings is 2. The van der Waals surface area contributed by atoms with Crippen molar-refractivity contribution < 1.29 is 9.59 Å². The van der Waals surface area contributed by atoms with Gasteiger partial charge in [-0.1, -0.05) is 30.3 Å². The lowest BCUT2D eigenvalue weighted by molar-refractivity contribution is 0.0931. The van der Waals surface area contributed by atoms with Crippen LogP contribution in [0.25, 0.3) is 11.4 Å². The number of amides is 2. The Morgan fingerprint density at radius 3 is 2.51 bits per heavy atom. The highest BCUT2D eigenvalue weighted by Crippen LogP contribution is 2.34. The first-order valence-electron chi connectivity index (χ1n) is 13.7. The molecule has 43 heavy (non-hydrogen) atoms. The predicted octanol–water partition coefficient (Wildman–Crippen LogP) is 1.31. The molecule has 1 aliphatic heterocycles. The molecule has 3 heterocycles. The van der Waals surface area contributed by atoms with Gasteiger partial charge >= 0.3 is 0 Å². The third kappa shape index (κ3) is 4.70. The van der Waals surface area contributed by atoms with Crippen LogP contribution in [0.2, 0.25) is 0 Å². The van der Waals surface area contributed by atoms with Gasteiger partial charge in [0.15, 0.2) is 5.82 Å². The van der Waals surface area contributed by atoms with Gasteiger partial charge in [0, 0.05) is 31.3 Å². The Morgan fingerprint density at radius 2 is 1.72 bits per heavy atom. The molecule has 13 heteroatoms. The summed E-state index contributed by atoms with van der Waals surface area (Å²) in [5.74, 6) is -0.144. The van der Waals surface area contributed by atoms with Crippen LogP contribution < -0.4 is 32.1 Å². The summed E-state index contributed by atoms with van der Waals surface area (Å²) in [4.78, 5) is 63.6. The van der Waals surface area contributed by atoms with Crippen molar-refractivity contribution >= 4 is 23.2 Å². The molecule has 13 nitrogen and oxygen atoms in total. The van der Waals surface area contributed by atoms with Crippen LogP contribution >= 0.6 is 0 Å². The third-order valence-corrected chi connectivity index (χ3v) is 8.03. The Kier molecular flexibility index (Phi) is 6.26. The van der Waals surface area contributed by atoms with Gasteiger partial charge in [0.2, 0.25) is 0 Å². The maximum absolute atomic E-state index is 13.1. The zero-order chi connectivity index (χ0) is 29.7. The maximum Gasteiger partial charge on any atom is 0.270 e. The molecule has 7 rings (SSSR count). The number of nitrogens with zero attached hydrogens (tertiary/aromatic N) is 5. The lowest BCUT2D eigenvalue weighted by Crippen LogP contribution is -2.40. The number of aryl methyl sites for hydroxylation is 1. The number of hydrogen-bond donors (Lipinski definition) is 4. The minimum atomic E-state index is -0.637. The van der Waals surface area contributed by atoms with Gasteiger partial charge in [-0.05, 0) is 46.7 Å². The van der Waals surface area contributed by atoms with Crippen LogP contribution in [0.3, 0.4) is 0 Å². The first kappa shape index (κ1) is 26.2. The van der Waals surface area contributed by atoms with Gasteiger partial charge in [-0.3, -0.25) is 24.3 Å². The fraction of sp³-hybridized carbons (Fsp3) is 0.200. The summed E-state index contributed by atoms with van der Waals surface area (Å²) < 4.78 is 0. The van der Waals surface area contributed by atoms with E-state index in [1.54, 1.807) is 4.90 Å². The second kappa shape index (κ2) is 10.3. The van der Waals surface area contributed by atoms with Gasteiger partial charge in [0.05, 0.1) is 6.04 Å². The van der Waals surface area contributed by atoms with Crippen molar-refractivity contribution in [2.75, 3.05) is 10.6 Å². The molecule has 2 amide bonds. The lowest BCUT2D eigenvalue weighted by Gasteiger charge is -2.19. The first-order valence-corrected chi connectivity index (χ1v) is 13.7. The molecule has 5 N–H and O–H groups in total. The average Bonchev–Trinajstić information content (AvgIpc) is 3.80. The molecule has 0 saturated carbocycles. The largest absolute Gasteiger partial charge is 0.394 e. The van der Waals surface area contributed by atoms with E-state index in [0.717, 1.165) is 46.2 Å². The van der Waals surface area contributed by atoms with Crippen molar-refractivity contribution in [1.82, 2.24) is 35.8 Å². The first-order chi connectivity index (χ1) is 20.9. The Bertz CT molecular complexity index is 1980. The quantitative estimate of drug-likeness (QED) is 0.206. The van der Waals surface area contributed by atoms with Gasteiger partial charge < -0.3 is 21.3 Å². The molecular formula is C30H25N9O4. The number of hydrogen-bond acceptors (Lipinski definition) is 10. The number of nitrogens with one attached hydrogen (secondary N) is 3. The van der Waals surface area contributed by atoms with Crippen molar-refractivity contribution in [2.45, 2.75) is 38.5 Å². The van der Waals surface area contributed by atoms with Crippen LogP contribution in [0.5, 0.6) is 0 Å². The standard InChI is InChI=1S/C30H25N9O4/c31-24-25(27(41)26(24)40)39-11-18-2-1-15(7-19(18)12-39)10-32-29(42)22-9-23(34-13-33-22)30(43)37-21-6-4-16-8-17(3-5-20(16)21)28-35-14-36-38-28/h1-3,5,7-9,13-14,21H,4,6,10-12,31H2,(H,32,42)(H,37,43)(H,35,36,38)/t21-/m0/s1. The van der Waals surface area contributed by atoms with Gasteiger partial charge in [-0.25, -0.2) is 15.0 Å². The monoisotopic (exact) mass is 575 g/mol. The number of anilines is 2. The smallest absolute Gasteiger partial charge is 0.270 e. The number of nitrogen functional groups attached to an aromatic ring is 1. The van der Waals surface area contributed by atoms with E-state index in [-0.39, 0.29) is 41.3 Å². The molecule has 0 radical (unpaired) electrons. The van der Waals surface area contributed by atoms with Crippen molar-refractivity contribution in [3.63, 3.8) is 0 Å². The molecule has 1 aliphatic carbocycles. The molecule has 214 valence electrons. The number of aromatic amines is 1. The van der Waals surface area contributed by atoms with E-state index in [1.165, 1.54) is 18.7 Å². The summed E-state index contributed by atoms with van der Waals surface area (Å²) in [5.41, 5.74) is 11.0. The minimum absolute atomic E-state index is 0.00826. The van der Waals surface area contributed by atoms with Crippen LogP contribution in [0.4, 0.5) is 11.4 Å². The van der Waals surface area contributed by atoms with Crippen molar-refractivity contribution in [3.8, 4) is 11.4 Å². The maximum atomic E-state index is 13.1. The number of carbonyl (C=O) groups excluding carboxylic acids is 2. The second-order valence-corrected chi connectivity index (χ2v) is 10.7. The SMILES string of the molecule is Nc1c(N2Cc3ccc(CNC(=O)c4cc(C(=O)N[C@H]5CCc6cc(-c7ncn[nH]7)ccc65)ncn4)cc3C2)c(=O)c1=O. The Balaban J connectivity index is 0.976. The van der Waals surface area contributed by atoms with Crippen molar-refractivity contribution in [3.05, 3.63) is 115 Å². The molecule has 2 aliphatic rings. The van der Waals surface area contributed by atoms with Crippen molar-refractivity contribution in [2.24, 2.45) is 0 Å². The molecule has 2 aromatic heterocycles. The summed E-state index contributed by atoms with van der Waals surface area (Å²) >= 11 is 0. The van der Waals surface area contributed by atoms with E-state index in [9.17, 15) is 19.2 Å². The summed E-state index contributed by atoms with van der Waals surface area (Å²) in [6, 6.07) is 13.0. The molecule has 0 saturated heterocycles. The molecule has 3 aromatic carbocycles. The Morgan fingerprint density at radius 1 is 0.907 bits per heavy atom. The van der Waals surface area contributed by atoms with Crippen LogP contribution in [-0.4, -0.2) is 37.0 Å². The number of nitrogens with two attached hydrogens (primary N) is 1. The molecule has 0 fully saturated rings. The summed E-state index contributed by atoms with van der Waals surface area (Å²) in [6.45, 7) is 1.17. The molecule has 1 atom stereocenters. The number of H-pyrrole nitrogens is 1. The highest BCUT2D eigenvalue weighted by Gasteiger charge is 2.29. The molecule has 0 bridgehead atoms. The number of fused-ring (bicyclic) bond motifs is 2. The van der Waals surface area contributed by atoms with Gasteiger partial charge in [-0.2, -0.15) is 5.10 Å². The zero-order valence-corrected chi connectivity index (χ0v) is 22.8. The van der Waals surface area contributed by atoms with Gasteiger partial charge in [0.1, 0.15) is 35.4 Å². The Hall–Kier alpha value is -5.72. The van der Waals surface area contributed by atoms with Crippen molar-refractivity contribution in [1.29, 1.82) is 0 Å². The third-order valence-electron chi connectivity index (χ3n) is 8.03. The number of rotatable bonds is 7. The van der Waals surface area contributed by atoms with Crippen LogP contribution in [0, 0.1) is 0 Å². The molecular weight excluding hydrogens is 550 g/mol. The highest BCUT2D eigenvalue weighted by atomic mass is 16.2. The predicted molar refractivity (Wildman–Crippen MR) is 156 cm³/mol. The molecule has 0 unspecified atom stereocenters. The average molecular weight is 576 g/mol. The second-order valence-electron chi connectivity index (χ2n) is 10.7. The van der Waals surface area contributed by atoms with Crippen LogP contribution in [0.15, 0.2) is 64.7 Å². The molecule has 5 aromatic rings. The van der Waals surface area contributed by atoms with Crippen LogP contribution in [0.1, 0.15) is 61.3 Å². The number of carbonyl (C=O) groups is 2. The topological polar surface area (TPSA) is 189 Å². The van der Waals surface area contributed by atoms with E-state index >= 15 is 0 Å². The summed E-state index contributed by atoms with van der Waals surface area (Å²) in [6.07, 6.45) is 4.22. The van der Waals surface area contributed by atoms with E-state index in [2.05, 4.69) is 41.8 Å². The fourth-order valence-corrected chi connectivity index (χ4v) is 5.80. The number of aromatic nitrogens is 5. The summed E-state index contributed by atoms with van der Waals surface area (Å²) in [7, 11) is 0. The fourth-order valence-electron chi connectivity index (χ4n) is 5.80. The lowest BCUT2D eigenvalue weighted by atomic mass is 10.0. The highest BCUT2D eigenvalue weighted by molar-refractivity contribution is 5.97. The summed E-state index contributed by atoms with van der Waals surface area (Å²) in [5, 5.41) is 12.6.